The van der Waals surface area contributed by atoms with Crippen molar-refractivity contribution in [1.82, 2.24) is 16.0 Å². The van der Waals surface area contributed by atoms with E-state index in [9.17, 15) is 19.7 Å². The molecule has 3 N–H and O–H groups in total. The van der Waals surface area contributed by atoms with Gasteiger partial charge in [-0.25, -0.2) is 0 Å². The van der Waals surface area contributed by atoms with E-state index in [1.807, 2.05) is 13.8 Å². The van der Waals surface area contributed by atoms with Crippen LogP contribution in [0, 0.1) is 10.1 Å². The third kappa shape index (κ3) is 5.16. The Kier molecular flexibility index (Phi) is 6.51. The second-order valence-electron chi connectivity index (χ2n) is 6.66. The lowest BCUT2D eigenvalue weighted by atomic mass is 10.1. The predicted molar refractivity (Wildman–Crippen MR) is 98.4 cm³/mol. The summed E-state index contributed by atoms with van der Waals surface area (Å²) in [7, 11) is 0. The number of nitrogens with zero attached hydrogens (tertiary/aromatic N) is 2. The number of hydrogen-bond donors (Lipinski definition) is 3. The molecule has 0 saturated carbocycles. The molecule has 2 amide bonds. The van der Waals surface area contributed by atoms with Crippen LogP contribution < -0.4 is 20.9 Å². The van der Waals surface area contributed by atoms with Gasteiger partial charge in [-0.05, 0) is 32.9 Å². The Balaban J connectivity index is 2.18. The van der Waals surface area contributed by atoms with E-state index < -0.39 is 10.8 Å². The van der Waals surface area contributed by atoms with E-state index >= 15 is 0 Å². The van der Waals surface area contributed by atoms with Gasteiger partial charge in [0.15, 0.2) is 0 Å². The molecular weight excluding hydrogens is 338 g/mol. The molecular formula is C17H25N5O4. The molecule has 0 aliphatic carbocycles. The number of nitro benzene ring substituents is 1. The fourth-order valence-electron chi connectivity index (χ4n) is 2.86. The van der Waals surface area contributed by atoms with Gasteiger partial charge in [-0.1, -0.05) is 0 Å². The summed E-state index contributed by atoms with van der Waals surface area (Å²) >= 11 is 0. The number of benzene rings is 1. The normalized spacial score (nSPS) is 17.1. The number of amides is 2. The van der Waals surface area contributed by atoms with Gasteiger partial charge in [-0.15, -0.1) is 0 Å². The van der Waals surface area contributed by atoms with Crippen molar-refractivity contribution in [2.75, 3.05) is 31.1 Å². The highest BCUT2D eigenvalue weighted by atomic mass is 16.6. The molecule has 0 bridgehead atoms. The number of nitrogens with one attached hydrogen (secondary N) is 3. The number of piperazine rings is 1. The molecule has 2 rings (SSSR count). The second kappa shape index (κ2) is 8.61. The van der Waals surface area contributed by atoms with Gasteiger partial charge in [0, 0.05) is 43.5 Å². The topological polar surface area (TPSA) is 117 Å². The van der Waals surface area contributed by atoms with Crippen LogP contribution in [0.3, 0.4) is 0 Å². The first-order valence-corrected chi connectivity index (χ1v) is 8.62. The van der Waals surface area contributed by atoms with Gasteiger partial charge in [-0.3, -0.25) is 19.7 Å². The zero-order chi connectivity index (χ0) is 19.3. The number of carbonyl (C=O) groups is 2. The molecule has 1 fully saturated rings. The smallest absolute Gasteiger partial charge is 0.282 e. The average Bonchev–Trinajstić information content (AvgIpc) is 2.58. The van der Waals surface area contributed by atoms with E-state index in [4.69, 9.17) is 0 Å². The molecule has 1 aliphatic rings. The van der Waals surface area contributed by atoms with Crippen LogP contribution >= 0.6 is 0 Å². The molecule has 1 aromatic carbocycles. The number of anilines is 1. The van der Waals surface area contributed by atoms with Crippen molar-refractivity contribution < 1.29 is 14.5 Å². The maximum atomic E-state index is 12.4. The number of carbonyl (C=O) groups excluding carboxylic acids is 2. The van der Waals surface area contributed by atoms with Crippen LogP contribution in [0.5, 0.6) is 0 Å². The highest BCUT2D eigenvalue weighted by Gasteiger charge is 2.24. The Morgan fingerprint density at radius 2 is 2.15 bits per heavy atom. The van der Waals surface area contributed by atoms with Crippen molar-refractivity contribution in [2.45, 2.75) is 32.9 Å². The van der Waals surface area contributed by atoms with E-state index in [-0.39, 0.29) is 35.8 Å². The fraction of sp³-hybridized carbons (Fsp3) is 0.529. The molecule has 142 valence electrons. The summed E-state index contributed by atoms with van der Waals surface area (Å²) in [6, 6.07) is 4.75. The van der Waals surface area contributed by atoms with Gasteiger partial charge >= 0.3 is 0 Å². The Labute approximate surface area is 152 Å². The van der Waals surface area contributed by atoms with Crippen LogP contribution in [0.15, 0.2) is 18.2 Å². The van der Waals surface area contributed by atoms with Gasteiger partial charge in [0.1, 0.15) is 5.56 Å². The van der Waals surface area contributed by atoms with Crippen LogP contribution in [-0.4, -0.2) is 55.0 Å². The Morgan fingerprint density at radius 3 is 2.77 bits per heavy atom. The summed E-state index contributed by atoms with van der Waals surface area (Å²) < 4.78 is 0. The number of hydrogen-bond acceptors (Lipinski definition) is 6. The average molecular weight is 363 g/mol. The van der Waals surface area contributed by atoms with E-state index in [1.54, 1.807) is 6.07 Å². The molecule has 1 heterocycles. The third-order valence-electron chi connectivity index (χ3n) is 4.01. The van der Waals surface area contributed by atoms with Crippen molar-refractivity contribution in [3.8, 4) is 0 Å². The van der Waals surface area contributed by atoms with Gasteiger partial charge in [0.2, 0.25) is 5.91 Å². The summed E-state index contributed by atoms with van der Waals surface area (Å²) in [6.45, 7) is 7.73. The molecule has 26 heavy (non-hydrogen) atoms. The van der Waals surface area contributed by atoms with Crippen LogP contribution in [0.4, 0.5) is 11.4 Å². The summed E-state index contributed by atoms with van der Waals surface area (Å²) in [5.41, 5.74) is 0.426. The highest BCUT2D eigenvalue weighted by molar-refractivity contribution is 6.00. The first kappa shape index (κ1) is 19.6. The molecule has 9 heteroatoms. The number of nitro groups is 1. The molecule has 1 atom stereocenters. The highest BCUT2D eigenvalue weighted by Crippen LogP contribution is 2.25. The van der Waals surface area contributed by atoms with Gasteiger partial charge < -0.3 is 20.9 Å². The van der Waals surface area contributed by atoms with Gasteiger partial charge in [0.25, 0.3) is 11.6 Å². The number of rotatable bonds is 6. The van der Waals surface area contributed by atoms with Crippen LogP contribution in [0.1, 0.15) is 31.1 Å². The van der Waals surface area contributed by atoms with Crippen molar-refractivity contribution in [3.63, 3.8) is 0 Å². The van der Waals surface area contributed by atoms with E-state index in [2.05, 4.69) is 27.8 Å². The van der Waals surface area contributed by atoms with Gasteiger partial charge in [-0.2, -0.15) is 0 Å². The zero-order valence-corrected chi connectivity index (χ0v) is 15.2. The maximum absolute atomic E-state index is 12.4. The molecule has 1 unspecified atom stereocenters. The molecule has 1 aliphatic heterocycles. The summed E-state index contributed by atoms with van der Waals surface area (Å²) in [6.07, 6.45) is 0. The second-order valence-corrected chi connectivity index (χ2v) is 6.66. The largest absolute Gasteiger partial charge is 0.369 e. The van der Waals surface area contributed by atoms with Crippen molar-refractivity contribution in [3.05, 3.63) is 33.9 Å². The van der Waals surface area contributed by atoms with E-state index in [0.717, 1.165) is 25.3 Å². The van der Waals surface area contributed by atoms with E-state index in [0.29, 0.717) is 0 Å². The molecule has 1 saturated heterocycles. The molecule has 0 radical (unpaired) electrons. The van der Waals surface area contributed by atoms with Crippen LogP contribution in [0.25, 0.3) is 0 Å². The van der Waals surface area contributed by atoms with Crippen LogP contribution in [0.2, 0.25) is 0 Å². The van der Waals surface area contributed by atoms with Crippen molar-refractivity contribution in [2.24, 2.45) is 0 Å². The molecule has 0 aromatic heterocycles. The van der Waals surface area contributed by atoms with Crippen molar-refractivity contribution in [1.29, 1.82) is 0 Å². The third-order valence-corrected chi connectivity index (χ3v) is 4.01. The predicted octanol–water partition coefficient (Wildman–Crippen LogP) is 0.647. The molecule has 0 spiro atoms. The Morgan fingerprint density at radius 1 is 1.42 bits per heavy atom. The first-order chi connectivity index (χ1) is 12.3. The summed E-state index contributed by atoms with van der Waals surface area (Å²) in [5.74, 6) is -0.983. The van der Waals surface area contributed by atoms with E-state index in [1.165, 1.54) is 12.1 Å². The lowest BCUT2D eigenvalue weighted by molar-refractivity contribution is -0.385. The summed E-state index contributed by atoms with van der Waals surface area (Å²) in [4.78, 5) is 36.9. The minimum atomic E-state index is -0.638. The molecule has 9 nitrogen and oxygen atoms in total. The quantitative estimate of drug-likeness (QED) is 0.505. The van der Waals surface area contributed by atoms with Crippen molar-refractivity contribution >= 4 is 23.2 Å². The lowest BCUT2D eigenvalue weighted by Crippen LogP contribution is -2.49. The Hall–Kier alpha value is -2.68. The first-order valence-electron chi connectivity index (χ1n) is 8.62. The zero-order valence-electron chi connectivity index (χ0n) is 15.2. The summed E-state index contributed by atoms with van der Waals surface area (Å²) in [5, 5.41) is 19.7. The lowest BCUT2D eigenvalue weighted by Gasteiger charge is -2.33. The fourth-order valence-corrected chi connectivity index (χ4v) is 2.86. The minimum Gasteiger partial charge on any atom is -0.369 e. The SMILES string of the molecule is CC(C)NC(=O)CNC(=O)c1cc(N2CCNC(C)C2)ccc1[N+](=O)[O-]. The van der Waals surface area contributed by atoms with Crippen LogP contribution in [-0.2, 0) is 4.79 Å². The monoisotopic (exact) mass is 363 g/mol. The molecule has 1 aromatic rings. The Bertz CT molecular complexity index is 692. The van der Waals surface area contributed by atoms with Gasteiger partial charge in [0.05, 0.1) is 11.5 Å². The standard InChI is InChI=1S/C17H25N5O4/c1-11(2)20-16(23)9-19-17(24)14-8-13(4-5-15(14)22(25)26)21-7-6-18-12(3)10-21/h4-5,8,11-12,18H,6-7,9-10H2,1-3H3,(H,19,24)(H,20,23). The minimum absolute atomic E-state index is 0.0453. The maximum Gasteiger partial charge on any atom is 0.282 e.